The van der Waals surface area contributed by atoms with Gasteiger partial charge in [-0.3, -0.25) is 0 Å². The molecule has 0 aliphatic heterocycles. The molecule has 0 heterocycles. The maximum absolute atomic E-state index is 0. The zero-order valence-corrected chi connectivity index (χ0v) is 10.0. The molecule has 0 atom stereocenters. The SMILES string of the molecule is [Ca+2].[H-].[H-].[H-].[H-].[Mg+2].[Mn].[Y]. The van der Waals surface area contributed by atoms with Crippen molar-refractivity contribution in [2.75, 3.05) is 0 Å². The van der Waals surface area contributed by atoms with E-state index < -0.39 is 0 Å². The van der Waals surface area contributed by atoms with Gasteiger partial charge in [0.05, 0.1) is 0 Å². The largest absolute Gasteiger partial charge is 2.00 e. The Bertz CT molecular complexity index is 16.0. The minimum absolute atomic E-state index is 0. The summed E-state index contributed by atoms with van der Waals surface area (Å²) in [6, 6.07) is 0. The van der Waals surface area contributed by atoms with Crippen LogP contribution in [0.5, 0.6) is 0 Å². The zero-order chi connectivity index (χ0) is 0. The van der Waals surface area contributed by atoms with Crippen LogP contribution in [0.3, 0.4) is 0 Å². The third-order valence-corrected chi connectivity index (χ3v) is 0. The van der Waals surface area contributed by atoms with Crippen LogP contribution in [-0.4, -0.2) is 60.8 Å². The smallest absolute Gasteiger partial charge is 1.00 e. The van der Waals surface area contributed by atoms with Crippen LogP contribution in [0, 0.1) is 0 Å². The summed E-state index contributed by atoms with van der Waals surface area (Å²) < 4.78 is 0. The maximum atomic E-state index is 0. The molecule has 0 N–H and O–H groups in total. The van der Waals surface area contributed by atoms with Gasteiger partial charge in [0.15, 0.2) is 0 Å². The standard InChI is InChI=1S/Ca.Mg.Mn.Y.4H/q2*+2;;;4*-1. The van der Waals surface area contributed by atoms with Gasteiger partial charge in [-0.2, -0.15) is 0 Å². The molecule has 0 aromatic heterocycles. The van der Waals surface area contributed by atoms with Crippen LogP contribution in [0.15, 0.2) is 0 Å². The van der Waals surface area contributed by atoms with Gasteiger partial charge in [0, 0.05) is 49.8 Å². The second-order valence-electron chi connectivity index (χ2n) is 0. The summed E-state index contributed by atoms with van der Waals surface area (Å²) in [5.41, 5.74) is 0. The van der Waals surface area contributed by atoms with Crippen molar-refractivity contribution in [2.45, 2.75) is 0 Å². The summed E-state index contributed by atoms with van der Waals surface area (Å²) in [5, 5.41) is 0. The second-order valence-corrected chi connectivity index (χ2v) is 0. The average molecular weight is 212 g/mol. The first kappa shape index (κ1) is 25.4. The molecule has 4 heavy (non-hydrogen) atoms. The minimum atomic E-state index is 0. The molecule has 0 bridgehead atoms. The van der Waals surface area contributed by atoms with Crippen molar-refractivity contribution >= 4 is 60.8 Å². The molecule has 0 unspecified atom stereocenters. The fraction of sp³-hybridized carbons (Fsp3) is 0. The molecule has 0 saturated carbocycles. The number of hydrogen-bond acceptors (Lipinski definition) is 0. The summed E-state index contributed by atoms with van der Waals surface area (Å²) in [5.74, 6) is 0. The summed E-state index contributed by atoms with van der Waals surface area (Å²) in [6.45, 7) is 0. The Morgan fingerprint density at radius 1 is 1.25 bits per heavy atom. The van der Waals surface area contributed by atoms with Gasteiger partial charge in [-0.05, 0) is 0 Å². The van der Waals surface area contributed by atoms with Crippen LogP contribution in [0.4, 0.5) is 0 Å². The van der Waals surface area contributed by atoms with Gasteiger partial charge in [-0.1, -0.05) is 0 Å². The van der Waals surface area contributed by atoms with E-state index in [1.807, 2.05) is 0 Å². The fourth-order valence-electron chi connectivity index (χ4n) is 0. The van der Waals surface area contributed by atoms with Crippen molar-refractivity contribution in [1.29, 1.82) is 0 Å². The molecule has 0 nitrogen and oxygen atoms in total. The van der Waals surface area contributed by atoms with E-state index in [1.54, 1.807) is 0 Å². The van der Waals surface area contributed by atoms with Crippen LogP contribution < -0.4 is 0 Å². The van der Waals surface area contributed by atoms with Gasteiger partial charge in [-0.15, -0.1) is 0 Å². The molecular formula is H4CaMgMnY. The van der Waals surface area contributed by atoms with E-state index in [2.05, 4.69) is 0 Å². The molecule has 4 heteroatoms. The summed E-state index contributed by atoms with van der Waals surface area (Å²) in [4.78, 5) is 0. The van der Waals surface area contributed by atoms with Crippen molar-refractivity contribution in [3.8, 4) is 0 Å². The van der Waals surface area contributed by atoms with Crippen molar-refractivity contribution in [3.63, 3.8) is 0 Å². The first-order valence-electron chi connectivity index (χ1n) is 0. The average Bonchev–Trinajstić information content (AvgIpc) is 0. The Labute approximate surface area is 114 Å². The summed E-state index contributed by atoms with van der Waals surface area (Å²) >= 11 is 0. The zero-order valence-electron chi connectivity index (χ0n) is 6.37. The Hall–Kier alpha value is 3.65. The van der Waals surface area contributed by atoms with Crippen molar-refractivity contribution < 1.29 is 55.5 Å². The van der Waals surface area contributed by atoms with Gasteiger partial charge in [-0.25, -0.2) is 0 Å². The van der Waals surface area contributed by atoms with Gasteiger partial charge in [0.2, 0.25) is 0 Å². The van der Waals surface area contributed by atoms with Crippen LogP contribution in [-0.2, 0) is 49.8 Å². The molecule has 0 aromatic rings. The molecule has 2 radical (unpaired) electrons. The monoisotopic (exact) mass is 212 g/mol. The molecule has 0 fully saturated rings. The third kappa shape index (κ3) is 9.17. The van der Waals surface area contributed by atoms with E-state index in [4.69, 9.17) is 0 Å². The molecule has 0 aliphatic carbocycles. The molecule has 18 valence electrons. The van der Waals surface area contributed by atoms with Crippen LogP contribution in [0.25, 0.3) is 0 Å². The molecule has 0 saturated heterocycles. The predicted octanol–water partition coefficient (Wildman–Crippen LogP) is -0.317. The van der Waals surface area contributed by atoms with E-state index in [-0.39, 0.29) is 116 Å². The normalized spacial score (nSPS) is 0. The Kier molecular flexibility index (Phi) is 101. The fourth-order valence-corrected chi connectivity index (χ4v) is 0. The maximum Gasteiger partial charge on any atom is 2.00 e. The molecule has 0 aromatic carbocycles. The topological polar surface area (TPSA) is 0 Å². The van der Waals surface area contributed by atoms with Crippen molar-refractivity contribution in [3.05, 3.63) is 0 Å². The van der Waals surface area contributed by atoms with Gasteiger partial charge in [0.1, 0.15) is 0 Å². The summed E-state index contributed by atoms with van der Waals surface area (Å²) in [6.07, 6.45) is 0. The van der Waals surface area contributed by atoms with E-state index in [1.165, 1.54) is 0 Å². The van der Waals surface area contributed by atoms with E-state index in [9.17, 15) is 0 Å². The minimum Gasteiger partial charge on any atom is -1.00 e. The molecule has 0 spiro atoms. The Morgan fingerprint density at radius 3 is 1.25 bits per heavy atom. The first-order chi connectivity index (χ1) is 0. The summed E-state index contributed by atoms with van der Waals surface area (Å²) in [7, 11) is 0. The van der Waals surface area contributed by atoms with E-state index in [0.717, 1.165) is 0 Å². The first-order valence-corrected chi connectivity index (χ1v) is 0. The number of rotatable bonds is 0. The van der Waals surface area contributed by atoms with Crippen LogP contribution in [0.2, 0.25) is 0 Å². The second kappa shape index (κ2) is 15.9. The van der Waals surface area contributed by atoms with Gasteiger partial charge in [0.25, 0.3) is 0 Å². The van der Waals surface area contributed by atoms with Crippen molar-refractivity contribution in [2.24, 2.45) is 0 Å². The van der Waals surface area contributed by atoms with Crippen LogP contribution >= 0.6 is 0 Å². The Balaban J connectivity index is 0. The Morgan fingerprint density at radius 2 is 1.25 bits per heavy atom. The van der Waals surface area contributed by atoms with Gasteiger partial charge >= 0.3 is 60.8 Å². The molecule has 0 aliphatic rings. The quantitative estimate of drug-likeness (QED) is 0.483. The molecule has 0 amide bonds. The predicted molar refractivity (Wildman–Crippen MR) is 16.0 cm³/mol. The van der Waals surface area contributed by atoms with Crippen molar-refractivity contribution in [1.82, 2.24) is 0 Å². The van der Waals surface area contributed by atoms with E-state index >= 15 is 0 Å². The molecule has 0 rings (SSSR count). The number of hydrogen-bond donors (Lipinski definition) is 0. The van der Waals surface area contributed by atoms with Crippen LogP contribution in [0.1, 0.15) is 5.71 Å². The third-order valence-electron chi connectivity index (χ3n) is 0. The van der Waals surface area contributed by atoms with Gasteiger partial charge < -0.3 is 5.71 Å². The molecular weight excluding hydrogens is 208 g/mol. The van der Waals surface area contributed by atoms with E-state index in [0.29, 0.717) is 0 Å².